The minimum absolute atomic E-state index is 0.0699. The van der Waals surface area contributed by atoms with Gasteiger partial charge in [-0.15, -0.1) is 0 Å². The molecule has 5 rings (SSSR count). The molecule has 1 N–H and O–H groups in total. The van der Waals surface area contributed by atoms with Gasteiger partial charge in [0.15, 0.2) is 0 Å². The number of carbonyl (C=O) groups is 1. The number of aryl methyl sites for hydroxylation is 1. The van der Waals surface area contributed by atoms with Gasteiger partial charge >= 0.3 is 6.18 Å². The van der Waals surface area contributed by atoms with Crippen molar-refractivity contribution in [2.45, 2.75) is 25.4 Å². The summed E-state index contributed by atoms with van der Waals surface area (Å²) in [7, 11) is 3.86. The summed E-state index contributed by atoms with van der Waals surface area (Å²) < 4.78 is 46.9. The molecule has 7 nitrogen and oxygen atoms in total. The number of rotatable bonds is 7. The molecule has 4 aromatic rings. The lowest BCUT2D eigenvalue weighted by Crippen LogP contribution is -2.34. The van der Waals surface area contributed by atoms with E-state index in [0.29, 0.717) is 34.3 Å². The predicted molar refractivity (Wildman–Crippen MR) is 144 cm³/mol. The van der Waals surface area contributed by atoms with E-state index in [1.807, 2.05) is 6.07 Å². The number of hydrogen-bond acceptors (Lipinski definition) is 6. The highest BCUT2D eigenvalue weighted by molar-refractivity contribution is 6.31. The molecule has 1 aliphatic rings. The summed E-state index contributed by atoms with van der Waals surface area (Å²) in [6.07, 6.45) is -0.880. The molecule has 0 radical (unpaired) electrons. The molecule has 11 heteroatoms. The first-order valence-electron chi connectivity index (χ1n) is 12.5. The summed E-state index contributed by atoms with van der Waals surface area (Å²) in [6, 6.07) is 12.4. The van der Waals surface area contributed by atoms with Crippen molar-refractivity contribution in [3.05, 3.63) is 71.0 Å². The quantitative estimate of drug-likeness (QED) is 0.275. The van der Waals surface area contributed by atoms with Gasteiger partial charge in [-0.2, -0.15) is 13.2 Å². The lowest BCUT2D eigenvalue weighted by molar-refractivity contribution is -0.137. The Kier molecular flexibility index (Phi) is 7.51. The Hall–Kier alpha value is -3.63. The van der Waals surface area contributed by atoms with E-state index in [4.69, 9.17) is 16.3 Å². The Morgan fingerprint density at radius 1 is 1.08 bits per heavy atom. The molecule has 1 fully saturated rings. The summed E-state index contributed by atoms with van der Waals surface area (Å²) in [5.74, 6) is 1.81. The fourth-order valence-corrected chi connectivity index (χ4v) is 5.00. The molecule has 204 valence electrons. The number of hydrogen-bond donors (Lipinski definition) is 1. The van der Waals surface area contributed by atoms with Crippen molar-refractivity contribution >= 4 is 40.1 Å². The first-order valence-corrected chi connectivity index (χ1v) is 12.9. The van der Waals surface area contributed by atoms with Crippen LogP contribution < -0.4 is 10.1 Å². The number of Topliss-reactive ketones (excluding diaryl/α,β-unsaturated/α-hetero) is 1. The number of alkyl halides is 3. The number of ether oxygens (including phenoxy) is 1. The lowest BCUT2D eigenvalue weighted by Gasteiger charge is -2.27. The second-order valence-corrected chi connectivity index (χ2v) is 10.2. The van der Waals surface area contributed by atoms with Crippen LogP contribution in [0.15, 0.2) is 54.7 Å². The van der Waals surface area contributed by atoms with Crippen molar-refractivity contribution in [2.75, 3.05) is 25.5 Å². The maximum Gasteiger partial charge on any atom is 0.417 e. The summed E-state index contributed by atoms with van der Waals surface area (Å²) in [5.41, 5.74) is 1.57. The van der Waals surface area contributed by atoms with Crippen molar-refractivity contribution in [1.82, 2.24) is 19.4 Å². The number of ketones is 1. The summed E-state index contributed by atoms with van der Waals surface area (Å²) >= 11 is 5.85. The zero-order valence-corrected chi connectivity index (χ0v) is 22.2. The van der Waals surface area contributed by atoms with Gasteiger partial charge in [0.2, 0.25) is 5.95 Å². The highest BCUT2D eigenvalue weighted by atomic mass is 35.5. The largest absolute Gasteiger partial charge is 0.457 e. The van der Waals surface area contributed by atoms with Gasteiger partial charge < -0.3 is 19.5 Å². The number of aromatic nitrogens is 3. The first kappa shape index (κ1) is 27.0. The number of benzene rings is 2. The number of nitrogens with one attached hydrogen (secondary N) is 1. The summed E-state index contributed by atoms with van der Waals surface area (Å²) in [5, 5.41) is 2.63. The number of piperidine rings is 1. The highest BCUT2D eigenvalue weighted by Crippen LogP contribution is 2.36. The van der Waals surface area contributed by atoms with Crippen LogP contribution in [-0.2, 0) is 24.4 Å². The SMILES string of the molecule is CN1CCC(C(=O)Cc2cc(Oc3ccc4c(c3)nc(Nc3ccc(C(F)(F)F)c(Cl)c3)n4C)ccn2)CC1. The first-order chi connectivity index (χ1) is 18.6. The van der Waals surface area contributed by atoms with Gasteiger partial charge in [-0.25, -0.2) is 4.98 Å². The second-order valence-electron chi connectivity index (χ2n) is 9.77. The number of halogens is 4. The Labute approximate surface area is 228 Å². The monoisotopic (exact) mass is 557 g/mol. The smallest absolute Gasteiger partial charge is 0.417 e. The van der Waals surface area contributed by atoms with Gasteiger partial charge in [0.25, 0.3) is 0 Å². The van der Waals surface area contributed by atoms with E-state index in [9.17, 15) is 18.0 Å². The number of anilines is 2. The van der Waals surface area contributed by atoms with Crippen LogP contribution in [0.2, 0.25) is 5.02 Å². The van der Waals surface area contributed by atoms with Crippen molar-refractivity contribution in [2.24, 2.45) is 13.0 Å². The van der Waals surface area contributed by atoms with Gasteiger partial charge in [0.05, 0.1) is 27.3 Å². The number of pyridine rings is 1. The topological polar surface area (TPSA) is 72.3 Å². The van der Waals surface area contributed by atoms with Gasteiger partial charge in [-0.05, 0) is 69.4 Å². The normalized spacial score (nSPS) is 15.0. The number of likely N-dealkylation sites (tertiary alicyclic amines) is 1. The van der Waals surface area contributed by atoms with Crippen LogP contribution >= 0.6 is 11.6 Å². The molecule has 2 aromatic heterocycles. The van der Waals surface area contributed by atoms with Crippen molar-refractivity contribution < 1.29 is 22.7 Å². The van der Waals surface area contributed by atoms with Crippen LogP contribution in [0.25, 0.3) is 11.0 Å². The predicted octanol–water partition coefficient (Wildman–Crippen LogP) is 6.63. The number of fused-ring (bicyclic) bond motifs is 1. The van der Waals surface area contributed by atoms with Gasteiger partial charge in [0.1, 0.15) is 17.3 Å². The maximum atomic E-state index is 13.0. The van der Waals surface area contributed by atoms with Crippen LogP contribution in [0, 0.1) is 5.92 Å². The molecule has 39 heavy (non-hydrogen) atoms. The average Bonchev–Trinajstić information content (AvgIpc) is 3.18. The van der Waals surface area contributed by atoms with Crippen LogP contribution in [-0.4, -0.2) is 45.4 Å². The van der Waals surface area contributed by atoms with Crippen LogP contribution in [0.3, 0.4) is 0 Å². The van der Waals surface area contributed by atoms with E-state index >= 15 is 0 Å². The molecule has 0 atom stereocenters. The minimum Gasteiger partial charge on any atom is -0.457 e. The summed E-state index contributed by atoms with van der Waals surface area (Å²) in [4.78, 5) is 23.9. The third kappa shape index (κ3) is 6.17. The molecule has 2 aromatic carbocycles. The highest BCUT2D eigenvalue weighted by Gasteiger charge is 2.33. The van der Waals surface area contributed by atoms with E-state index < -0.39 is 16.8 Å². The third-order valence-electron chi connectivity index (χ3n) is 6.94. The van der Waals surface area contributed by atoms with E-state index in [1.54, 1.807) is 42.1 Å². The summed E-state index contributed by atoms with van der Waals surface area (Å²) in [6.45, 7) is 1.86. The van der Waals surface area contributed by atoms with Gasteiger partial charge in [-0.1, -0.05) is 11.6 Å². The molecule has 0 spiro atoms. The standard InChI is InChI=1S/C28H27ClF3N5O2/c1-36-11-8-17(9-12-36)26(38)15-19-13-21(7-10-33-19)39-20-4-6-25-24(16-20)35-27(37(25)2)34-18-3-5-22(23(29)14-18)28(30,31)32/h3-7,10,13-14,16-17H,8-9,11-12,15H2,1-2H3,(H,34,35). The van der Waals surface area contributed by atoms with E-state index in [2.05, 4.69) is 27.2 Å². The van der Waals surface area contributed by atoms with E-state index in [-0.39, 0.29) is 18.1 Å². The van der Waals surface area contributed by atoms with Crippen LogP contribution in [0.5, 0.6) is 11.5 Å². The molecular weight excluding hydrogens is 531 g/mol. The maximum absolute atomic E-state index is 13.0. The molecule has 0 saturated carbocycles. The fraction of sp³-hybridized carbons (Fsp3) is 0.321. The Morgan fingerprint density at radius 2 is 1.82 bits per heavy atom. The molecule has 0 aliphatic carbocycles. The Balaban J connectivity index is 1.29. The number of imidazole rings is 1. The van der Waals surface area contributed by atoms with Crippen LogP contribution in [0.1, 0.15) is 24.1 Å². The zero-order chi connectivity index (χ0) is 27.7. The van der Waals surface area contributed by atoms with Gasteiger partial charge in [-0.3, -0.25) is 9.78 Å². The molecule has 0 amide bonds. The molecule has 1 saturated heterocycles. The van der Waals surface area contributed by atoms with Crippen molar-refractivity contribution in [3.63, 3.8) is 0 Å². The van der Waals surface area contributed by atoms with E-state index in [0.717, 1.165) is 37.5 Å². The number of nitrogens with zero attached hydrogens (tertiary/aromatic N) is 4. The van der Waals surface area contributed by atoms with Crippen molar-refractivity contribution in [1.29, 1.82) is 0 Å². The van der Waals surface area contributed by atoms with Gasteiger partial charge in [0, 0.05) is 43.4 Å². The molecule has 3 heterocycles. The minimum atomic E-state index is -4.53. The molecule has 0 bridgehead atoms. The molecular formula is C28H27ClF3N5O2. The lowest BCUT2D eigenvalue weighted by atomic mass is 9.90. The number of carbonyl (C=O) groups excluding carboxylic acids is 1. The van der Waals surface area contributed by atoms with Crippen molar-refractivity contribution in [3.8, 4) is 11.5 Å². The van der Waals surface area contributed by atoms with Crippen LogP contribution in [0.4, 0.5) is 24.8 Å². The zero-order valence-electron chi connectivity index (χ0n) is 21.4. The molecule has 1 aliphatic heterocycles. The third-order valence-corrected chi connectivity index (χ3v) is 7.25. The second kappa shape index (κ2) is 10.9. The van der Waals surface area contributed by atoms with E-state index in [1.165, 1.54) is 12.1 Å². The Bertz CT molecular complexity index is 1510. The Morgan fingerprint density at radius 3 is 2.54 bits per heavy atom. The average molecular weight is 558 g/mol. The fourth-order valence-electron chi connectivity index (χ4n) is 4.71. The molecule has 0 unspecified atom stereocenters.